The molecule has 4 nitrogen and oxygen atoms in total. The van der Waals surface area contributed by atoms with E-state index in [1.807, 2.05) is 34.6 Å². The van der Waals surface area contributed by atoms with Crippen molar-refractivity contribution < 1.29 is 14.6 Å². The Morgan fingerprint density at radius 1 is 1.19 bits per heavy atom. The highest BCUT2D eigenvalue weighted by Gasteiger charge is 2.20. The summed E-state index contributed by atoms with van der Waals surface area (Å²) in [5.41, 5.74) is 5.76. The number of ether oxygens (including phenoxy) is 2. The van der Waals surface area contributed by atoms with E-state index < -0.39 is 0 Å². The average Bonchev–Trinajstić information content (AvgIpc) is 2.15. The van der Waals surface area contributed by atoms with Crippen LogP contribution < -0.4 is 5.73 Å². The van der Waals surface area contributed by atoms with Crippen molar-refractivity contribution in [3.8, 4) is 0 Å². The van der Waals surface area contributed by atoms with Crippen LogP contribution in [0.2, 0.25) is 0 Å². The first-order valence-corrected chi connectivity index (χ1v) is 5.90. The van der Waals surface area contributed by atoms with Crippen molar-refractivity contribution in [3.05, 3.63) is 0 Å². The molecule has 16 heavy (non-hydrogen) atoms. The number of aliphatic hydroxyl groups is 1. The molecule has 0 aromatic carbocycles. The van der Waals surface area contributed by atoms with Gasteiger partial charge in [-0.05, 0) is 26.7 Å². The summed E-state index contributed by atoms with van der Waals surface area (Å²) in [7, 11) is 0. The van der Waals surface area contributed by atoms with Crippen molar-refractivity contribution in [1.29, 1.82) is 0 Å². The van der Waals surface area contributed by atoms with Gasteiger partial charge >= 0.3 is 0 Å². The van der Waals surface area contributed by atoms with Gasteiger partial charge in [0.15, 0.2) is 0 Å². The highest BCUT2D eigenvalue weighted by Crippen LogP contribution is 2.09. The lowest BCUT2D eigenvalue weighted by atomic mass is 10.0. The van der Waals surface area contributed by atoms with Gasteiger partial charge < -0.3 is 20.3 Å². The summed E-state index contributed by atoms with van der Waals surface area (Å²) in [5.74, 6) is 0.292. The zero-order valence-corrected chi connectivity index (χ0v) is 11.2. The molecule has 0 saturated carbocycles. The second-order valence-corrected chi connectivity index (χ2v) is 5.37. The normalized spacial score (nSPS) is 16.5. The van der Waals surface area contributed by atoms with Gasteiger partial charge in [-0.15, -0.1) is 0 Å². The first kappa shape index (κ1) is 15.8. The van der Waals surface area contributed by atoms with E-state index in [9.17, 15) is 0 Å². The fraction of sp³-hybridized carbons (Fsp3) is 1.00. The molecule has 2 atom stereocenters. The molecule has 0 heterocycles. The van der Waals surface area contributed by atoms with Crippen molar-refractivity contribution in [2.75, 3.05) is 19.8 Å². The molecule has 3 N–H and O–H groups in total. The molecule has 4 heteroatoms. The minimum atomic E-state index is -0.302. The fourth-order valence-electron chi connectivity index (χ4n) is 1.26. The molecular formula is C12H27NO3. The summed E-state index contributed by atoms with van der Waals surface area (Å²) in [6.45, 7) is 11.0. The molecule has 0 aliphatic rings. The van der Waals surface area contributed by atoms with Crippen molar-refractivity contribution >= 4 is 0 Å². The second-order valence-electron chi connectivity index (χ2n) is 5.37. The molecule has 0 spiro atoms. The highest BCUT2D eigenvalue weighted by atomic mass is 16.5. The molecule has 0 aromatic rings. The summed E-state index contributed by atoms with van der Waals surface area (Å²) in [4.78, 5) is 0. The van der Waals surface area contributed by atoms with Gasteiger partial charge in [-0.2, -0.15) is 0 Å². The number of aliphatic hydroxyl groups excluding tert-OH is 1. The van der Waals surface area contributed by atoms with Crippen LogP contribution in [-0.2, 0) is 9.47 Å². The predicted octanol–water partition coefficient (Wildman–Crippen LogP) is 1.16. The monoisotopic (exact) mass is 233 g/mol. The highest BCUT2D eigenvalue weighted by molar-refractivity contribution is 4.75. The number of hydrogen-bond donors (Lipinski definition) is 2. The van der Waals surface area contributed by atoms with E-state index in [2.05, 4.69) is 0 Å². The van der Waals surface area contributed by atoms with Gasteiger partial charge in [0, 0.05) is 6.04 Å². The standard InChI is InChI=1S/C12H27NO3/c1-9(2)11(13)10(8-14)15-6-7-16-12(3,4)5/h9-11,14H,6-8,13H2,1-5H3. The summed E-state index contributed by atoms with van der Waals surface area (Å²) < 4.78 is 11.0. The van der Waals surface area contributed by atoms with Crippen LogP contribution in [0.4, 0.5) is 0 Å². The predicted molar refractivity (Wildman–Crippen MR) is 65.3 cm³/mol. The van der Waals surface area contributed by atoms with Crippen LogP contribution in [0.3, 0.4) is 0 Å². The number of nitrogens with two attached hydrogens (primary N) is 1. The Kier molecular flexibility index (Phi) is 7.15. The first-order chi connectivity index (χ1) is 7.28. The van der Waals surface area contributed by atoms with Gasteiger partial charge in [-0.1, -0.05) is 13.8 Å². The molecule has 0 bridgehead atoms. The lowest BCUT2D eigenvalue weighted by Gasteiger charge is -2.26. The Labute approximate surface area is 99.1 Å². The largest absolute Gasteiger partial charge is 0.394 e. The minimum Gasteiger partial charge on any atom is -0.394 e. The van der Waals surface area contributed by atoms with Crippen molar-refractivity contribution in [1.82, 2.24) is 0 Å². The zero-order valence-electron chi connectivity index (χ0n) is 11.2. The van der Waals surface area contributed by atoms with Crippen LogP contribution in [0.1, 0.15) is 34.6 Å². The molecule has 0 saturated heterocycles. The minimum absolute atomic E-state index is 0.0468. The molecule has 0 rings (SSSR count). The summed E-state index contributed by atoms with van der Waals surface area (Å²) in [6, 6.07) is -0.139. The van der Waals surface area contributed by atoms with Gasteiger partial charge in [-0.3, -0.25) is 0 Å². The first-order valence-electron chi connectivity index (χ1n) is 5.90. The molecule has 98 valence electrons. The summed E-state index contributed by atoms with van der Waals surface area (Å²) in [6.07, 6.45) is -0.302. The van der Waals surface area contributed by atoms with E-state index in [0.717, 1.165) is 0 Å². The SMILES string of the molecule is CC(C)C(N)C(CO)OCCOC(C)(C)C. The molecule has 0 aliphatic heterocycles. The van der Waals surface area contributed by atoms with Crippen LogP contribution >= 0.6 is 0 Å². The Balaban J connectivity index is 3.80. The van der Waals surface area contributed by atoms with E-state index in [-0.39, 0.29) is 24.4 Å². The molecule has 0 fully saturated rings. The van der Waals surface area contributed by atoms with Crippen LogP contribution in [0.15, 0.2) is 0 Å². The topological polar surface area (TPSA) is 64.7 Å². The number of rotatable bonds is 7. The van der Waals surface area contributed by atoms with Gasteiger partial charge in [0.05, 0.1) is 31.5 Å². The third-order valence-electron chi connectivity index (χ3n) is 2.33. The van der Waals surface area contributed by atoms with E-state index in [1.54, 1.807) is 0 Å². The quantitative estimate of drug-likeness (QED) is 0.648. The summed E-state index contributed by atoms with van der Waals surface area (Å²) >= 11 is 0. The fourth-order valence-corrected chi connectivity index (χ4v) is 1.26. The number of hydrogen-bond acceptors (Lipinski definition) is 4. The lowest BCUT2D eigenvalue weighted by Crippen LogP contribution is -2.43. The van der Waals surface area contributed by atoms with E-state index >= 15 is 0 Å². The Hall–Kier alpha value is -0.160. The maximum absolute atomic E-state index is 9.16. The van der Waals surface area contributed by atoms with Crippen LogP contribution in [-0.4, -0.2) is 42.7 Å². The molecular weight excluding hydrogens is 206 g/mol. The van der Waals surface area contributed by atoms with Gasteiger partial charge in [-0.25, -0.2) is 0 Å². The molecule has 2 unspecified atom stereocenters. The van der Waals surface area contributed by atoms with Crippen molar-refractivity contribution in [2.45, 2.75) is 52.4 Å². The zero-order chi connectivity index (χ0) is 12.8. The van der Waals surface area contributed by atoms with E-state index in [1.165, 1.54) is 0 Å². The van der Waals surface area contributed by atoms with Gasteiger partial charge in [0.1, 0.15) is 0 Å². The van der Waals surface area contributed by atoms with Gasteiger partial charge in [0.2, 0.25) is 0 Å². The second kappa shape index (κ2) is 7.22. The van der Waals surface area contributed by atoms with Crippen LogP contribution in [0.5, 0.6) is 0 Å². The lowest BCUT2D eigenvalue weighted by molar-refractivity contribution is -0.0697. The van der Waals surface area contributed by atoms with E-state index in [0.29, 0.717) is 19.1 Å². The smallest absolute Gasteiger partial charge is 0.0959 e. The third-order valence-corrected chi connectivity index (χ3v) is 2.33. The molecule has 0 aromatic heterocycles. The molecule has 0 amide bonds. The van der Waals surface area contributed by atoms with Crippen molar-refractivity contribution in [3.63, 3.8) is 0 Å². The molecule has 0 aliphatic carbocycles. The Morgan fingerprint density at radius 3 is 2.12 bits per heavy atom. The third kappa shape index (κ3) is 7.17. The maximum Gasteiger partial charge on any atom is 0.0959 e. The van der Waals surface area contributed by atoms with Crippen molar-refractivity contribution in [2.24, 2.45) is 11.7 Å². The summed E-state index contributed by atoms with van der Waals surface area (Å²) in [5, 5.41) is 9.16. The van der Waals surface area contributed by atoms with E-state index in [4.69, 9.17) is 20.3 Å². The maximum atomic E-state index is 9.16. The van der Waals surface area contributed by atoms with Crippen LogP contribution in [0.25, 0.3) is 0 Å². The Morgan fingerprint density at radius 2 is 1.75 bits per heavy atom. The van der Waals surface area contributed by atoms with Crippen LogP contribution in [0, 0.1) is 5.92 Å². The average molecular weight is 233 g/mol. The Bertz CT molecular complexity index is 178. The molecule has 0 radical (unpaired) electrons. The van der Waals surface area contributed by atoms with Gasteiger partial charge in [0.25, 0.3) is 0 Å².